The maximum absolute atomic E-state index is 8.82. The Morgan fingerprint density at radius 2 is 2.21 bits per heavy atom. The van der Waals surface area contributed by atoms with Gasteiger partial charge in [0.05, 0.1) is 0 Å². The first kappa shape index (κ1) is 9.62. The first-order chi connectivity index (χ1) is 6.83. The maximum Gasteiger partial charge on any atom is 0.0485 e. The van der Waals surface area contributed by atoms with Crippen molar-refractivity contribution in [2.24, 2.45) is 0 Å². The number of thioether (sulfide) groups is 1. The molecular weight excluding hydrogens is 194 g/mol. The minimum absolute atomic E-state index is 0.197. The molecule has 2 rings (SSSR count). The fourth-order valence-corrected chi connectivity index (χ4v) is 2.00. The summed E-state index contributed by atoms with van der Waals surface area (Å²) in [6.45, 7) is 0.197. The first-order valence-electron chi connectivity index (χ1n) is 4.60. The van der Waals surface area contributed by atoms with Gasteiger partial charge in [0.2, 0.25) is 0 Å². The number of hydrogen-bond acceptors (Lipinski definition) is 2. The van der Waals surface area contributed by atoms with Gasteiger partial charge in [-0.15, -0.1) is 11.8 Å². The normalized spacial score (nSPS) is 11.0. The highest BCUT2D eigenvalue weighted by molar-refractivity contribution is 7.98. The molecule has 0 bridgehead atoms. The van der Waals surface area contributed by atoms with E-state index < -0.39 is 0 Å². The van der Waals surface area contributed by atoms with Gasteiger partial charge in [0, 0.05) is 34.5 Å². The molecule has 14 heavy (non-hydrogen) atoms. The van der Waals surface area contributed by atoms with Crippen molar-refractivity contribution in [1.29, 1.82) is 0 Å². The third kappa shape index (κ3) is 1.79. The monoisotopic (exact) mass is 207 g/mol. The molecule has 2 aromatic rings. The fourth-order valence-electron chi connectivity index (χ4n) is 1.55. The van der Waals surface area contributed by atoms with Gasteiger partial charge in [-0.25, -0.2) is 0 Å². The van der Waals surface area contributed by atoms with Crippen molar-refractivity contribution < 1.29 is 5.11 Å². The van der Waals surface area contributed by atoms with Crippen molar-refractivity contribution in [3.63, 3.8) is 0 Å². The fraction of sp³-hybridized carbons (Fsp3) is 0.273. The molecule has 0 aliphatic rings. The predicted molar refractivity (Wildman–Crippen MR) is 60.9 cm³/mol. The Balaban J connectivity index is 2.43. The SMILES string of the molecule is CSc1ccc2[nH]c(CCO)cc2c1. The summed E-state index contributed by atoms with van der Waals surface area (Å²) >= 11 is 1.74. The topological polar surface area (TPSA) is 36.0 Å². The van der Waals surface area contributed by atoms with Crippen LogP contribution in [-0.2, 0) is 6.42 Å². The molecule has 0 amide bonds. The molecule has 0 unspecified atom stereocenters. The summed E-state index contributed by atoms with van der Waals surface area (Å²) in [7, 11) is 0. The zero-order chi connectivity index (χ0) is 9.97. The number of aliphatic hydroxyl groups is 1. The molecule has 0 saturated heterocycles. The van der Waals surface area contributed by atoms with Crippen molar-refractivity contribution in [2.75, 3.05) is 12.9 Å². The molecule has 0 spiro atoms. The lowest BCUT2D eigenvalue weighted by Crippen LogP contribution is -1.88. The average Bonchev–Trinajstić information content (AvgIpc) is 2.59. The zero-order valence-electron chi connectivity index (χ0n) is 8.08. The van der Waals surface area contributed by atoms with Crippen LogP contribution >= 0.6 is 11.8 Å². The number of aromatic nitrogens is 1. The van der Waals surface area contributed by atoms with E-state index in [-0.39, 0.29) is 6.61 Å². The number of nitrogens with one attached hydrogen (secondary N) is 1. The summed E-state index contributed by atoms with van der Waals surface area (Å²) in [5.41, 5.74) is 2.24. The summed E-state index contributed by atoms with van der Waals surface area (Å²) in [6.07, 6.45) is 2.77. The van der Waals surface area contributed by atoms with Crippen LogP contribution in [0.1, 0.15) is 5.69 Å². The van der Waals surface area contributed by atoms with Crippen LogP contribution in [0.4, 0.5) is 0 Å². The zero-order valence-corrected chi connectivity index (χ0v) is 8.90. The lowest BCUT2D eigenvalue weighted by molar-refractivity contribution is 0.298. The van der Waals surface area contributed by atoms with Crippen molar-refractivity contribution in [3.05, 3.63) is 30.0 Å². The van der Waals surface area contributed by atoms with Gasteiger partial charge in [-0.2, -0.15) is 0 Å². The number of aliphatic hydroxyl groups excluding tert-OH is 1. The molecule has 0 radical (unpaired) electrons. The van der Waals surface area contributed by atoms with E-state index in [1.54, 1.807) is 11.8 Å². The van der Waals surface area contributed by atoms with Crippen LogP contribution in [0.3, 0.4) is 0 Å². The Bertz CT molecular complexity index is 436. The molecule has 1 heterocycles. The molecule has 74 valence electrons. The number of H-pyrrole nitrogens is 1. The molecule has 0 fully saturated rings. The number of aromatic amines is 1. The molecule has 2 N–H and O–H groups in total. The van der Waals surface area contributed by atoms with Crippen LogP contribution in [0, 0.1) is 0 Å². The quantitative estimate of drug-likeness (QED) is 0.758. The number of benzene rings is 1. The third-order valence-corrected chi connectivity index (χ3v) is 2.99. The van der Waals surface area contributed by atoms with Gasteiger partial charge in [0.1, 0.15) is 0 Å². The van der Waals surface area contributed by atoms with E-state index in [0.717, 1.165) is 11.2 Å². The van der Waals surface area contributed by atoms with Crippen LogP contribution in [0.5, 0.6) is 0 Å². The van der Waals surface area contributed by atoms with Crippen LogP contribution in [0.2, 0.25) is 0 Å². The van der Waals surface area contributed by atoms with Gasteiger partial charge in [0.25, 0.3) is 0 Å². The molecule has 3 heteroatoms. The van der Waals surface area contributed by atoms with Gasteiger partial charge in [0.15, 0.2) is 0 Å². The summed E-state index contributed by atoms with van der Waals surface area (Å²) in [5.74, 6) is 0. The molecule has 0 aliphatic carbocycles. The largest absolute Gasteiger partial charge is 0.396 e. The number of hydrogen-bond donors (Lipinski definition) is 2. The van der Waals surface area contributed by atoms with E-state index in [1.165, 1.54) is 10.3 Å². The highest BCUT2D eigenvalue weighted by atomic mass is 32.2. The highest BCUT2D eigenvalue weighted by Crippen LogP contribution is 2.22. The molecule has 2 nitrogen and oxygen atoms in total. The Hall–Kier alpha value is -0.930. The van der Waals surface area contributed by atoms with E-state index in [1.807, 2.05) is 0 Å². The van der Waals surface area contributed by atoms with Crippen LogP contribution in [-0.4, -0.2) is 23.0 Å². The summed E-state index contributed by atoms with van der Waals surface area (Å²) in [6, 6.07) is 8.46. The minimum atomic E-state index is 0.197. The molecule has 0 atom stereocenters. The molecule has 1 aromatic carbocycles. The predicted octanol–water partition coefficient (Wildman–Crippen LogP) is 2.42. The Morgan fingerprint density at radius 3 is 2.93 bits per heavy atom. The molecule has 0 saturated carbocycles. The van der Waals surface area contributed by atoms with Crippen molar-refractivity contribution in [3.8, 4) is 0 Å². The average molecular weight is 207 g/mol. The van der Waals surface area contributed by atoms with E-state index in [0.29, 0.717) is 6.42 Å². The Morgan fingerprint density at radius 1 is 1.36 bits per heavy atom. The number of fused-ring (bicyclic) bond motifs is 1. The minimum Gasteiger partial charge on any atom is -0.396 e. The van der Waals surface area contributed by atoms with Crippen LogP contribution < -0.4 is 0 Å². The third-order valence-electron chi connectivity index (χ3n) is 2.26. The summed E-state index contributed by atoms with van der Waals surface area (Å²) in [5, 5.41) is 10.0. The van der Waals surface area contributed by atoms with Gasteiger partial charge >= 0.3 is 0 Å². The Kier molecular flexibility index (Phi) is 2.79. The highest BCUT2D eigenvalue weighted by Gasteiger charge is 2.00. The van der Waals surface area contributed by atoms with Crippen LogP contribution in [0.25, 0.3) is 10.9 Å². The summed E-state index contributed by atoms with van der Waals surface area (Å²) < 4.78 is 0. The maximum atomic E-state index is 8.82. The summed E-state index contributed by atoms with van der Waals surface area (Å²) in [4.78, 5) is 4.55. The second-order valence-electron chi connectivity index (χ2n) is 3.22. The molecule has 0 aliphatic heterocycles. The number of rotatable bonds is 3. The second-order valence-corrected chi connectivity index (χ2v) is 4.10. The van der Waals surface area contributed by atoms with Crippen molar-refractivity contribution in [2.45, 2.75) is 11.3 Å². The van der Waals surface area contributed by atoms with E-state index >= 15 is 0 Å². The Labute approximate surface area is 87.3 Å². The molecular formula is C11H13NOS. The second kappa shape index (κ2) is 4.07. The van der Waals surface area contributed by atoms with E-state index in [9.17, 15) is 0 Å². The van der Waals surface area contributed by atoms with Crippen molar-refractivity contribution in [1.82, 2.24) is 4.98 Å². The van der Waals surface area contributed by atoms with Crippen molar-refractivity contribution >= 4 is 22.7 Å². The van der Waals surface area contributed by atoms with Gasteiger partial charge < -0.3 is 10.1 Å². The van der Waals surface area contributed by atoms with E-state index in [4.69, 9.17) is 5.11 Å². The van der Waals surface area contributed by atoms with Gasteiger partial charge in [-0.3, -0.25) is 0 Å². The lowest BCUT2D eigenvalue weighted by Gasteiger charge is -1.94. The van der Waals surface area contributed by atoms with Crippen LogP contribution in [0.15, 0.2) is 29.2 Å². The standard InChI is InChI=1S/C11H13NOS/c1-14-10-2-3-11-8(7-10)6-9(12-11)4-5-13/h2-3,6-7,12-13H,4-5H2,1H3. The first-order valence-corrected chi connectivity index (χ1v) is 5.82. The van der Waals surface area contributed by atoms with E-state index in [2.05, 4.69) is 35.5 Å². The molecule has 1 aromatic heterocycles. The lowest BCUT2D eigenvalue weighted by atomic mass is 10.2. The van der Waals surface area contributed by atoms with Gasteiger partial charge in [-0.05, 0) is 30.5 Å². The smallest absolute Gasteiger partial charge is 0.0485 e. The van der Waals surface area contributed by atoms with Gasteiger partial charge in [-0.1, -0.05) is 0 Å².